The van der Waals surface area contributed by atoms with Gasteiger partial charge in [0.05, 0.1) is 33.2 Å². The molecule has 0 aliphatic heterocycles. The lowest BCUT2D eigenvalue weighted by atomic mass is 10.1. The SMILES string of the molecule is COc1ccc2c(C[NH+](C)CCC#N)cc(=O)oc2c1. The predicted octanol–water partition coefficient (Wildman–Crippen LogP) is 0.730. The Balaban J connectivity index is 2.37. The smallest absolute Gasteiger partial charge is 0.336 e. The number of fused-ring (bicyclic) bond motifs is 1. The first-order valence-corrected chi connectivity index (χ1v) is 6.43. The molecule has 0 saturated carbocycles. The molecule has 20 heavy (non-hydrogen) atoms. The van der Waals surface area contributed by atoms with E-state index in [0.29, 0.717) is 24.3 Å². The molecule has 0 bridgehead atoms. The van der Waals surface area contributed by atoms with Crippen LogP contribution in [0.5, 0.6) is 5.75 Å². The van der Waals surface area contributed by atoms with Crippen LogP contribution in [0.2, 0.25) is 0 Å². The number of nitrogens with one attached hydrogen (secondary N) is 1. The molecule has 2 aromatic rings. The standard InChI is InChI=1S/C15H16N2O3/c1-17(7-3-6-16)10-11-8-15(18)20-14-9-12(19-2)4-5-13(11)14/h4-5,8-9H,3,7,10H2,1-2H3/p+1. The van der Waals surface area contributed by atoms with Crippen LogP contribution in [0.1, 0.15) is 12.0 Å². The van der Waals surface area contributed by atoms with Crippen molar-refractivity contribution in [2.75, 3.05) is 20.7 Å². The summed E-state index contributed by atoms with van der Waals surface area (Å²) in [5.74, 6) is 0.656. The third-order valence-corrected chi connectivity index (χ3v) is 3.19. The van der Waals surface area contributed by atoms with E-state index in [-0.39, 0.29) is 5.63 Å². The van der Waals surface area contributed by atoms with E-state index in [1.165, 1.54) is 11.0 Å². The van der Waals surface area contributed by atoms with Gasteiger partial charge in [-0.3, -0.25) is 0 Å². The van der Waals surface area contributed by atoms with E-state index in [1.54, 1.807) is 13.2 Å². The van der Waals surface area contributed by atoms with Crippen LogP contribution in [-0.2, 0) is 6.54 Å². The molecule has 1 unspecified atom stereocenters. The second-order valence-electron chi connectivity index (χ2n) is 4.74. The van der Waals surface area contributed by atoms with Crippen LogP contribution < -0.4 is 15.3 Å². The third-order valence-electron chi connectivity index (χ3n) is 3.19. The number of benzene rings is 1. The maximum absolute atomic E-state index is 11.6. The molecule has 1 heterocycles. The highest BCUT2D eigenvalue weighted by Crippen LogP contribution is 2.21. The number of ether oxygens (including phenoxy) is 1. The number of methoxy groups -OCH3 is 1. The Labute approximate surface area is 117 Å². The monoisotopic (exact) mass is 273 g/mol. The van der Waals surface area contributed by atoms with Gasteiger partial charge in [-0.1, -0.05) is 0 Å². The van der Waals surface area contributed by atoms with Crippen LogP contribution in [0.25, 0.3) is 11.0 Å². The van der Waals surface area contributed by atoms with Gasteiger partial charge < -0.3 is 14.1 Å². The molecule has 1 aromatic carbocycles. The van der Waals surface area contributed by atoms with Crippen molar-refractivity contribution in [1.29, 1.82) is 5.26 Å². The van der Waals surface area contributed by atoms with Crippen LogP contribution >= 0.6 is 0 Å². The lowest BCUT2D eigenvalue weighted by molar-refractivity contribution is -0.893. The van der Waals surface area contributed by atoms with Crippen LogP contribution in [-0.4, -0.2) is 20.7 Å². The molecule has 0 radical (unpaired) electrons. The molecule has 104 valence electrons. The van der Waals surface area contributed by atoms with Crippen molar-refractivity contribution >= 4 is 11.0 Å². The minimum absolute atomic E-state index is 0.367. The van der Waals surface area contributed by atoms with Crippen molar-refractivity contribution in [3.8, 4) is 11.8 Å². The minimum Gasteiger partial charge on any atom is -0.497 e. The zero-order valence-corrected chi connectivity index (χ0v) is 11.6. The summed E-state index contributed by atoms with van der Waals surface area (Å²) in [6, 6.07) is 9.10. The molecule has 1 atom stereocenters. The summed E-state index contributed by atoms with van der Waals surface area (Å²) in [5.41, 5.74) is 1.09. The molecule has 5 nitrogen and oxygen atoms in total. The second-order valence-corrected chi connectivity index (χ2v) is 4.74. The molecule has 0 amide bonds. The zero-order valence-electron chi connectivity index (χ0n) is 11.6. The normalized spacial score (nSPS) is 12.1. The number of quaternary nitrogens is 1. The van der Waals surface area contributed by atoms with Crippen LogP contribution in [0.15, 0.2) is 33.5 Å². The Bertz CT molecular complexity index is 700. The van der Waals surface area contributed by atoms with E-state index in [2.05, 4.69) is 6.07 Å². The van der Waals surface area contributed by atoms with Gasteiger partial charge in [-0.05, 0) is 12.1 Å². The highest BCUT2D eigenvalue weighted by atomic mass is 16.5. The molecule has 0 saturated heterocycles. The first-order valence-electron chi connectivity index (χ1n) is 6.43. The molecular weight excluding hydrogens is 256 g/mol. The summed E-state index contributed by atoms with van der Waals surface area (Å²) in [7, 11) is 3.57. The van der Waals surface area contributed by atoms with E-state index >= 15 is 0 Å². The van der Waals surface area contributed by atoms with Crippen LogP contribution in [0, 0.1) is 11.3 Å². The van der Waals surface area contributed by atoms with Gasteiger partial charge in [0.1, 0.15) is 17.9 Å². The predicted molar refractivity (Wildman–Crippen MR) is 74.7 cm³/mol. The summed E-state index contributed by atoms with van der Waals surface area (Å²) < 4.78 is 10.3. The first-order chi connectivity index (χ1) is 9.63. The van der Waals surface area contributed by atoms with Crippen molar-refractivity contribution < 1.29 is 14.1 Å². The largest absolute Gasteiger partial charge is 0.497 e. The Morgan fingerprint density at radius 2 is 2.20 bits per heavy atom. The Morgan fingerprint density at radius 3 is 2.90 bits per heavy atom. The Morgan fingerprint density at radius 1 is 1.40 bits per heavy atom. The van der Waals surface area contributed by atoms with Crippen molar-refractivity contribution in [1.82, 2.24) is 0 Å². The van der Waals surface area contributed by atoms with E-state index in [0.717, 1.165) is 17.5 Å². The number of hydrogen-bond donors (Lipinski definition) is 1. The van der Waals surface area contributed by atoms with Crippen molar-refractivity contribution in [3.63, 3.8) is 0 Å². The molecular formula is C15H17N2O3+. The molecule has 1 N–H and O–H groups in total. The Kier molecular flexibility index (Phi) is 4.38. The average molecular weight is 273 g/mol. The van der Waals surface area contributed by atoms with Gasteiger partial charge in [0.25, 0.3) is 0 Å². The number of rotatable bonds is 5. The number of nitriles is 1. The Hall–Kier alpha value is -2.32. The molecule has 0 spiro atoms. The fraction of sp³-hybridized carbons (Fsp3) is 0.333. The van der Waals surface area contributed by atoms with E-state index in [9.17, 15) is 4.79 Å². The summed E-state index contributed by atoms with van der Waals surface area (Å²) in [6.07, 6.45) is 0.499. The summed E-state index contributed by atoms with van der Waals surface area (Å²) in [6.45, 7) is 1.42. The van der Waals surface area contributed by atoms with Gasteiger partial charge in [0.2, 0.25) is 0 Å². The van der Waals surface area contributed by atoms with Gasteiger partial charge in [-0.2, -0.15) is 5.26 Å². The average Bonchev–Trinajstić information content (AvgIpc) is 2.44. The lowest BCUT2D eigenvalue weighted by Gasteiger charge is -2.13. The van der Waals surface area contributed by atoms with Crippen molar-refractivity contribution in [2.45, 2.75) is 13.0 Å². The summed E-state index contributed by atoms with van der Waals surface area (Å²) >= 11 is 0. The van der Waals surface area contributed by atoms with Gasteiger partial charge >= 0.3 is 5.63 Å². The topological polar surface area (TPSA) is 67.7 Å². The molecule has 1 aromatic heterocycles. The highest BCUT2D eigenvalue weighted by Gasteiger charge is 2.11. The summed E-state index contributed by atoms with van der Waals surface area (Å²) in [5, 5.41) is 9.52. The van der Waals surface area contributed by atoms with Gasteiger partial charge in [-0.15, -0.1) is 0 Å². The molecule has 5 heteroatoms. The van der Waals surface area contributed by atoms with Crippen LogP contribution in [0.3, 0.4) is 0 Å². The number of nitrogens with zero attached hydrogens (tertiary/aromatic N) is 1. The minimum atomic E-state index is -0.367. The maximum Gasteiger partial charge on any atom is 0.336 e. The number of hydrogen-bond acceptors (Lipinski definition) is 4. The highest BCUT2D eigenvalue weighted by molar-refractivity contribution is 5.81. The van der Waals surface area contributed by atoms with E-state index < -0.39 is 0 Å². The third kappa shape index (κ3) is 3.16. The van der Waals surface area contributed by atoms with Crippen LogP contribution in [0.4, 0.5) is 0 Å². The fourth-order valence-electron chi connectivity index (χ4n) is 2.17. The van der Waals surface area contributed by atoms with Crippen molar-refractivity contribution in [3.05, 3.63) is 40.2 Å². The molecule has 0 aliphatic rings. The molecule has 0 aliphatic carbocycles. The maximum atomic E-state index is 11.6. The summed E-state index contributed by atoms with van der Waals surface area (Å²) in [4.78, 5) is 12.8. The van der Waals surface area contributed by atoms with Gasteiger partial charge in [0, 0.05) is 23.1 Å². The fourth-order valence-corrected chi connectivity index (χ4v) is 2.17. The van der Waals surface area contributed by atoms with Gasteiger partial charge in [-0.25, -0.2) is 4.79 Å². The molecule has 2 rings (SSSR count). The molecule has 0 fully saturated rings. The first kappa shape index (κ1) is 14.1. The second kappa shape index (κ2) is 6.22. The lowest BCUT2D eigenvalue weighted by Crippen LogP contribution is -3.07. The zero-order chi connectivity index (χ0) is 14.5. The van der Waals surface area contributed by atoms with Gasteiger partial charge in [0.15, 0.2) is 0 Å². The van der Waals surface area contributed by atoms with E-state index in [1.807, 2.05) is 19.2 Å². The van der Waals surface area contributed by atoms with E-state index in [4.69, 9.17) is 14.4 Å². The van der Waals surface area contributed by atoms with Crippen molar-refractivity contribution in [2.24, 2.45) is 0 Å². The quantitative estimate of drug-likeness (QED) is 0.816.